The van der Waals surface area contributed by atoms with E-state index in [0.29, 0.717) is 17.6 Å². The zero-order chi connectivity index (χ0) is 13.7. The summed E-state index contributed by atoms with van der Waals surface area (Å²) in [6.07, 6.45) is 6.59. The minimum Gasteiger partial charge on any atom is -0.328 e. The maximum atomic E-state index is 12.4. The molecule has 0 aliphatic heterocycles. The van der Waals surface area contributed by atoms with Crippen molar-refractivity contribution in [2.75, 3.05) is 0 Å². The summed E-state index contributed by atoms with van der Waals surface area (Å²) in [6, 6.07) is 0.267. The lowest BCUT2D eigenvalue weighted by Crippen LogP contribution is -2.30. The molecule has 0 aromatic rings. The number of nitrogens with two attached hydrogens (primary N) is 1. The SMILES string of the molecule is CC(N)CCCC(C)C(=O)C1CCC(C)C(C)C1. The third kappa shape index (κ3) is 4.72. The van der Waals surface area contributed by atoms with E-state index in [-0.39, 0.29) is 12.0 Å². The Kier molecular flexibility index (Phi) is 6.34. The van der Waals surface area contributed by atoms with Crippen LogP contribution in [-0.4, -0.2) is 11.8 Å². The van der Waals surface area contributed by atoms with Crippen molar-refractivity contribution in [1.29, 1.82) is 0 Å². The van der Waals surface area contributed by atoms with Gasteiger partial charge in [-0.3, -0.25) is 4.79 Å². The first-order valence-electron chi connectivity index (χ1n) is 7.71. The molecule has 1 fully saturated rings. The second kappa shape index (κ2) is 7.28. The topological polar surface area (TPSA) is 43.1 Å². The molecule has 2 N–H and O–H groups in total. The molecule has 5 atom stereocenters. The molecular weight excluding hydrogens is 222 g/mol. The van der Waals surface area contributed by atoms with Crippen LogP contribution in [0.15, 0.2) is 0 Å². The highest BCUT2D eigenvalue weighted by molar-refractivity contribution is 5.83. The third-order valence-corrected chi connectivity index (χ3v) is 4.78. The van der Waals surface area contributed by atoms with Crippen LogP contribution in [0.25, 0.3) is 0 Å². The van der Waals surface area contributed by atoms with Crippen molar-refractivity contribution in [2.45, 2.75) is 72.3 Å². The summed E-state index contributed by atoms with van der Waals surface area (Å²) in [6.45, 7) is 8.76. The molecule has 0 spiro atoms. The van der Waals surface area contributed by atoms with Gasteiger partial charge in [-0.05, 0) is 50.9 Å². The Morgan fingerprint density at radius 3 is 2.39 bits per heavy atom. The molecule has 106 valence electrons. The van der Waals surface area contributed by atoms with Crippen molar-refractivity contribution in [2.24, 2.45) is 29.4 Å². The molecule has 0 bridgehead atoms. The van der Waals surface area contributed by atoms with E-state index in [1.54, 1.807) is 0 Å². The van der Waals surface area contributed by atoms with E-state index in [2.05, 4.69) is 20.8 Å². The van der Waals surface area contributed by atoms with Gasteiger partial charge < -0.3 is 5.73 Å². The molecule has 0 radical (unpaired) electrons. The molecule has 1 rings (SSSR count). The van der Waals surface area contributed by atoms with Crippen LogP contribution in [0.3, 0.4) is 0 Å². The van der Waals surface area contributed by atoms with Gasteiger partial charge in [-0.2, -0.15) is 0 Å². The highest BCUT2D eigenvalue weighted by atomic mass is 16.1. The Labute approximate surface area is 113 Å². The second-order valence-electron chi connectivity index (χ2n) is 6.68. The van der Waals surface area contributed by atoms with Gasteiger partial charge in [0.1, 0.15) is 5.78 Å². The first-order valence-corrected chi connectivity index (χ1v) is 7.71. The molecule has 5 unspecified atom stereocenters. The first-order chi connectivity index (χ1) is 8.41. The van der Waals surface area contributed by atoms with Crippen molar-refractivity contribution in [3.63, 3.8) is 0 Å². The van der Waals surface area contributed by atoms with Crippen molar-refractivity contribution < 1.29 is 4.79 Å². The lowest BCUT2D eigenvalue weighted by molar-refractivity contribution is -0.128. The van der Waals surface area contributed by atoms with Crippen LogP contribution in [0.2, 0.25) is 0 Å². The van der Waals surface area contributed by atoms with Crippen LogP contribution < -0.4 is 5.73 Å². The fourth-order valence-corrected chi connectivity index (χ4v) is 3.10. The highest BCUT2D eigenvalue weighted by Crippen LogP contribution is 2.35. The molecule has 0 heterocycles. The summed E-state index contributed by atoms with van der Waals surface area (Å²) in [4.78, 5) is 12.4. The van der Waals surface area contributed by atoms with Crippen molar-refractivity contribution >= 4 is 5.78 Å². The van der Waals surface area contributed by atoms with Crippen LogP contribution in [-0.2, 0) is 4.79 Å². The summed E-state index contributed by atoms with van der Waals surface area (Å²) >= 11 is 0. The molecule has 2 heteroatoms. The van der Waals surface area contributed by atoms with E-state index in [4.69, 9.17) is 5.73 Å². The predicted molar refractivity (Wildman–Crippen MR) is 77.3 cm³/mol. The fourth-order valence-electron chi connectivity index (χ4n) is 3.10. The average Bonchev–Trinajstić information content (AvgIpc) is 2.31. The number of hydrogen-bond acceptors (Lipinski definition) is 2. The van der Waals surface area contributed by atoms with E-state index in [1.165, 1.54) is 6.42 Å². The second-order valence-corrected chi connectivity index (χ2v) is 6.68. The molecule has 18 heavy (non-hydrogen) atoms. The normalized spacial score (nSPS) is 31.9. The molecule has 1 aliphatic rings. The summed E-state index contributed by atoms with van der Waals surface area (Å²) in [7, 11) is 0. The fraction of sp³-hybridized carbons (Fsp3) is 0.938. The smallest absolute Gasteiger partial charge is 0.138 e. The Bertz CT molecular complexity index is 262. The number of rotatable bonds is 6. The lowest BCUT2D eigenvalue weighted by atomic mass is 9.72. The van der Waals surface area contributed by atoms with Gasteiger partial charge in [-0.15, -0.1) is 0 Å². The minimum absolute atomic E-state index is 0.231. The standard InChI is InChI=1S/C16H31NO/c1-11-8-9-15(10-13(11)3)16(18)12(2)6-5-7-14(4)17/h11-15H,5-10,17H2,1-4H3. The molecule has 1 aliphatic carbocycles. The van der Waals surface area contributed by atoms with Gasteiger partial charge >= 0.3 is 0 Å². The zero-order valence-electron chi connectivity index (χ0n) is 12.6. The van der Waals surface area contributed by atoms with E-state index < -0.39 is 0 Å². The van der Waals surface area contributed by atoms with Crippen LogP contribution in [0.5, 0.6) is 0 Å². The molecular formula is C16H31NO. The Hall–Kier alpha value is -0.370. The number of Topliss-reactive ketones (excluding diaryl/α,β-unsaturated/α-hetero) is 1. The Balaban J connectivity index is 2.34. The van der Waals surface area contributed by atoms with Crippen LogP contribution >= 0.6 is 0 Å². The van der Waals surface area contributed by atoms with E-state index >= 15 is 0 Å². The van der Waals surface area contributed by atoms with Gasteiger partial charge in [-0.25, -0.2) is 0 Å². The van der Waals surface area contributed by atoms with Crippen molar-refractivity contribution in [1.82, 2.24) is 0 Å². The Morgan fingerprint density at radius 2 is 1.83 bits per heavy atom. The highest BCUT2D eigenvalue weighted by Gasteiger charge is 2.31. The maximum absolute atomic E-state index is 12.4. The number of carbonyl (C=O) groups excluding carboxylic acids is 1. The van der Waals surface area contributed by atoms with Crippen LogP contribution in [0, 0.1) is 23.7 Å². The molecule has 0 aromatic carbocycles. The maximum Gasteiger partial charge on any atom is 0.138 e. The first kappa shape index (κ1) is 15.7. The van der Waals surface area contributed by atoms with Gasteiger partial charge in [0.2, 0.25) is 0 Å². The third-order valence-electron chi connectivity index (χ3n) is 4.78. The lowest BCUT2D eigenvalue weighted by Gasteiger charge is -2.32. The van der Waals surface area contributed by atoms with Crippen LogP contribution in [0.1, 0.15) is 66.2 Å². The Morgan fingerprint density at radius 1 is 1.17 bits per heavy atom. The van der Waals surface area contributed by atoms with E-state index in [9.17, 15) is 4.79 Å². The van der Waals surface area contributed by atoms with Crippen LogP contribution in [0.4, 0.5) is 0 Å². The monoisotopic (exact) mass is 253 g/mol. The summed E-state index contributed by atoms with van der Waals surface area (Å²) in [5.74, 6) is 2.58. The van der Waals surface area contributed by atoms with E-state index in [0.717, 1.165) is 38.0 Å². The van der Waals surface area contributed by atoms with Gasteiger partial charge in [0.15, 0.2) is 0 Å². The van der Waals surface area contributed by atoms with Gasteiger partial charge in [0.05, 0.1) is 0 Å². The quantitative estimate of drug-likeness (QED) is 0.782. The number of ketones is 1. The molecule has 2 nitrogen and oxygen atoms in total. The largest absolute Gasteiger partial charge is 0.328 e. The minimum atomic E-state index is 0.231. The molecule has 0 aromatic heterocycles. The van der Waals surface area contributed by atoms with Gasteiger partial charge in [0.25, 0.3) is 0 Å². The zero-order valence-corrected chi connectivity index (χ0v) is 12.6. The number of hydrogen-bond donors (Lipinski definition) is 1. The number of carbonyl (C=O) groups is 1. The summed E-state index contributed by atoms with van der Waals surface area (Å²) in [5.41, 5.74) is 5.75. The summed E-state index contributed by atoms with van der Waals surface area (Å²) in [5, 5.41) is 0. The average molecular weight is 253 g/mol. The van der Waals surface area contributed by atoms with Gasteiger partial charge in [-0.1, -0.05) is 27.2 Å². The molecule has 0 amide bonds. The van der Waals surface area contributed by atoms with Crippen molar-refractivity contribution in [3.05, 3.63) is 0 Å². The predicted octanol–water partition coefficient (Wildman–Crippen LogP) is 3.78. The van der Waals surface area contributed by atoms with Gasteiger partial charge in [0, 0.05) is 17.9 Å². The summed E-state index contributed by atoms with van der Waals surface area (Å²) < 4.78 is 0. The molecule has 0 saturated heterocycles. The van der Waals surface area contributed by atoms with Crippen molar-refractivity contribution in [3.8, 4) is 0 Å². The molecule has 1 saturated carbocycles. The van der Waals surface area contributed by atoms with E-state index in [1.807, 2.05) is 6.92 Å².